The van der Waals surface area contributed by atoms with Gasteiger partial charge in [0.15, 0.2) is 5.75 Å². The summed E-state index contributed by atoms with van der Waals surface area (Å²) in [5.41, 5.74) is 1.02. The van der Waals surface area contributed by atoms with Crippen LogP contribution in [-0.4, -0.2) is 43.2 Å². The minimum absolute atomic E-state index is 0. The number of hydrogen-bond donors (Lipinski definition) is 1. The Hall–Kier alpha value is -2.57. The smallest absolute Gasteiger partial charge is 0.256 e. The van der Waals surface area contributed by atoms with E-state index in [1.165, 1.54) is 31.4 Å². The molecule has 1 fully saturated rings. The Kier molecular flexibility index (Phi) is 7.93. The number of aromatic amines is 1. The lowest BCUT2D eigenvalue weighted by molar-refractivity contribution is 0.205. The van der Waals surface area contributed by atoms with Crippen LogP contribution < -0.4 is 15.0 Å². The number of likely N-dealkylation sites (tertiary alicyclic amines) is 1. The molecule has 0 radical (unpaired) electrons. The first kappa shape index (κ1) is 23.1. The lowest BCUT2D eigenvalue weighted by Gasteiger charge is -2.26. The number of piperidine rings is 1. The second-order valence-electron chi connectivity index (χ2n) is 7.68. The predicted octanol–water partition coefficient (Wildman–Crippen LogP) is 5.02. The third-order valence-corrected chi connectivity index (χ3v) is 5.61. The highest BCUT2D eigenvalue weighted by atomic mass is 35.5. The van der Waals surface area contributed by atoms with Gasteiger partial charge in [-0.3, -0.25) is 4.79 Å². The lowest BCUT2D eigenvalue weighted by Crippen LogP contribution is -2.31. The minimum atomic E-state index is -0.446. The molecule has 5 nitrogen and oxygen atoms in total. The Balaban J connectivity index is 0.00000272. The van der Waals surface area contributed by atoms with Gasteiger partial charge in [-0.05, 0) is 62.7 Å². The van der Waals surface area contributed by atoms with Crippen molar-refractivity contribution in [3.05, 3.63) is 58.6 Å². The largest absolute Gasteiger partial charge is 0.497 e. The van der Waals surface area contributed by atoms with E-state index >= 15 is 0 Å². The molecule has 166 valence electrons. The van der Waals surface area contributed by atoms with E-state index in [-0.39, 0.29) is 23.4 Å². The van der Waals surface area contributed by atoms with Crippen LogP contribution in [0, 0.1) is 5.82 Å². The van der Waals surface area contributed by atoms with Crippen LogP contribution in [0.5, 0.6) is 11.5 Å². The molecule has 1 N–H and O–H groups in total. The van der Waals surface area contributed by atoms with Gasteiger partial charge in [-0.2, -0.15) is 0 Å². The molecule has 7 heteroatoms. The average Bonchev–Trinajstić information content (AvgIpc) is 2.78. The van der Waals surface area contributed by atoms with Gasteiger partial charge in [0.05, 0.1) is 24.8 Å². The molecular weight excluding hydrogens is 419 g/mol. The van der Waals surface area contributed by atoms with Gasteiger partial charge in [-0.1, -0.05) is 18.6 Å². The van der Waals surface area contributed by atoms with Gasteiger partial charge in [0, 0.05) is 17.5 Å². The Labute approximate surface area is 187 Å². The van der Waals surface area contributed by atoms with Crippen LogP contribution in [0.2, 0.25) is 0 Å². The van der Waals surface area contributed by atoms with E-state index in [9.17, 15) is 9.18 Å². The number of aromatic nitrogens is 1. The number of H-pyrrole nitrogens is 1. The number of methoxy groups -OCH3 is 1. The van der Waals surface area contributed by atoms with Crippen molar-refractivity contribution in [2.45, 2.75) is 25.7 Å². The molecule has 3 aromatic rings. The third-order valence-electron chi connectivity index (χ3n) is 5.61. The van der Waals surface area contributed by atoms with E-state index in [0.717, 1.165) is 31.6 Å². The monoisotopic (exact) mass is 446 g/mol. The van der Waals surface area contributed by atoms with E-state index in [2.05, 4.69) is 9.88 Å². The van der Waals surface area contributed by atoms with Crippen molar-refractivity contribution in [1.82, 2.24) is 9.88 Å². The first-order valence-electron chi connectivity index (χ1n) is 10.5. The number of benzene rings is 2. The van der Waals surface area contributed by atoms with Crippen molar-refractivity contribution >= 4 is 23.2 Å². The topological polar surface area (TPSA) is 54.6 Å². The number of fused-ring (bicyclic) bond motifs is 1. The van der Waals surface area contributed by atoms with Gasteiger partial charge in [-0.25, -0.2) is 4.39 Å². The van der Waals surface area contributed by atoms with Crippen LogP contribution in [0.15, 0.2) is 47.3 Å². The number of hydrogen-bond acceptors (Lipinski definition) is 4. The molecule has 2 heterocycles. The zero-order chi connectivity index (χ0) is 20.9. The molecule has 31 heavy (non-hydrogen) atoms. The molecule has 0 amide bonds. The van der Waals surface area contributed by atoms with Crippen LogP contribution in [0.25, 0.3) is 22.0 Å². The molecule has 4 rings (SSSR count). The molecule has 2 aromatic carbocycles. The first-order valence-corrected chi connectivity index (χ1v) is 10.5. The molecule has 1 aliphatic heterocycles. The van der Waals surface area contributed by atoms with E-state index in [0.29, 0.717) is 29.2 Å². The Bertz CT molecular complexity index is 1080. The third kappa shape index (κ3) is 5.38. The molecule has 1 aromatic heterocycles. The maximum Gasteiger partial charge on any atom is 0.256 e. The minimum Gasteiger partial charge on any atom is -0.497 e. The molecular formula is C24H28ClFN2O3. The fourth-order valence-electron chi connectivity index (χ4n) is 4.05. The van der Waals surface area contributed by atoms with Crippen LogP contribution in [0.3, 0.4) is 0 Å². The van der Waals surface area contributed by atoms with Crippen LogP contribution >= 0.6 is 12.4 Å². The fraction of sp³-hybridized carbons (Fsp3) is 0.375. The number of ether oxygens (including phenoxy) is 2. The van der Waals surface area contributed by atoms with E-state index < -0.39 is 5.82 Å². The molecule has 0 spiro atoms. The summed E-state index contributed by atoms with van der Waals surface area (Å²) in [6, 6.07) is 11.7. The molecule has 0 unspecified atom stereocenters. The molecule has 1 aliphatic rings. The average molecular weight is 447 g/mol. The molecule has 1 saturated heterocycles. The molecule has 0 aliphatic carbocycles. The van der Waals surface area contributed by atoms with Crippen LogP contribution in [-0.2, 0) is 0 Å². The highest BCUT2D eigenvalue weighted by Crippen LogP contribution is 2.35. The van der Waals surface area contributed by atoms with Crippen LogP contribution in [0.1, 0.15) is 25.7 Å². The van der Waals surface area contributed by atoms with Gasteiger partial charge >= 0.3 is 0 Å². The molecule has 0 bridgehead atoms. The Morgan fingerprint density at radius 2 is 1.87 bits per heavy atom. The number of nitrogens with zero attached hydrogens (tertiary/aromatic N) is 1. The summed E-state index contributed by atoms with van der Waals surface area (Å²) in [5.74, 6) is 0.804. The van der Waals surface area contributed by atoms with Crippen molar-refractivity contribution in [2.75, 3.05) is 33.4 Å². The number of nitrogens with one attached hydrogen (secondary N) is 1. The zero-order valence-corrected chi connectivity index (χ0v) is 18.5. The number of pyridine rings is 1. The zero-order valence-electron chi connectivity index (χ0n) is 17.7. The number of halogens is 2. The first-order chi connectivity index (χ1) is 14.7. The lowest BCUT2D eigenvalue weighted by atomic mass is 10.0. The van der Waals surface area contributed by atoms with Gasteiger partial charge in [0.1, 0.15) is 11.6 Å². The summed E-state index contributed by atoms with van der Waals surface area (Å²) >= 11 is 0. The fourth-order valence-corrected chi connectivity index (χ4v) is 4.05. The van der Waals surface area contributed by atoms with Crippen molar-refractivity contribution < 1.29 is 13.9 Å². The SMILES string of the molecule is COc1cccc(-c2[nH]c(=O)c3cc(F)ccc3c2OCCCN2CCCCC2)c1.Cl. The van der Waals surface area contributed by atoms with Crippen molar-refractivity contribution in [3.8, 4) is 22.8 Å². The maximum atomic E-state index is 13.8. The summed E-state index contributed by atoms with van der Waals surface area (Å²) in [6.07, 6.45) is 4.73. The normalized spacial score (nSPS) is 14.3. The predicted molar refractivity (Wildman–Crippen MR) is 124 cm³/mol. The van der Waals surface area contributed by atoms with Crippen molar-refractivity contribution in [1.29, 1.82) is 0 Å². The van der Waals surface area contributed by atoms with Crippen LogP contribution in [0.4, 0.5) is 4.39 Å². The van der Waals surface area contributed by atoms with Gasteiger partial charge in [0.2, 0.25) is 0 Å². The van der Waals surface area contributed by atoms with E-state index in [1.807, 2.05) is 24.3 Å². The quantitative estimate of drug-likeness (QED) is 0.518. The summed E-state index contributed by atoms with van der Waals surface area (Å²) < 4.78 is 25.3. The second kappa shape index (κ2) is 10.6. The van der Waals surface area contributed by atoms with E-state index in [4.69, 9.17) is 9.47 Å². The van der Waals surface area contributed by atoms with Gasteiger partial charge in [-0.15, -0.1) is 12.4 Å². The standard InChI is InChI=1S/C24H27FN2O3.ClH/c1-29-19-8-5-7-17(15-19)22-23(30-14-6-13-27-11-3-2-4-12-27)20-10-9-18(25)16-21(20)24(28)26-22;/h5,7-10,15-16H,2-4,6,11-14H2,1H3,(H,26,28);1H. The summed E-state index contributed by atoms with van der Waals surface area (Å²) in [6.45, 7) is 3.81. The Morgan fingerprint density at radius 1 is 1.06 bits per heavy atom. The van der Waals surface area contributed by atoms with Gasteiger partial charge in [0.25, 0.3) is 5.56 Å². The summed E-state index contributed by atoms with van der Waals surface area (Å²) in [5, 5.41) is 0.892. The highest BCUT2D eigenvalue weighted by Gasteiger charge is 2.16. The summed E-state index contributed by atoms with van der Waals surface area (Å²) in [4.78, 5) is 18.0. The second-order valence-corrected chi connectivity index (χ2v) is 7.68. The summed E-state index contributed by atoms with van der Waals surface area (Å²) in [7, 11) is 1.60. The van der Waals surface area contributed by atoms with Crippen molar-refractivity contribution in [3.63, 3.8) is 0 Å². The Morgan fingerprint density at radius 3 is 2.65 bits per heavy atom. The maximum absolute atomic E-state index is 13.8. The molecule has 0 saturated carbocycles. The van der Waals surface area contributed by atoms with Gasteiger partial charge < -0.3 is 19.4 Å². The highest BCUT2D eigenvalue weighted by molar-refractivity contribution is 5.93. The molecule has 0 atom stereocenters. The van der Waals surface area contributed by atoms with Crippen molar-refractivity contribution in [2.24, 2.45) is 0 Å². The number of rotatable bonds is 7. The van der Waals surface area contributed by atoms with E-state index in [1.54, 1.807) is 13.2 Å².